The number of nitrogens with one attached hydrogen (secondary N) is 1. The summed E-state index contributed by atoms with van der Waals surface area (Å²) in [7, 11) is 3.62. The van der Waals surface area contributed by atoms with Crippen molar-refractivity contribution in [2.24, 2.45) is 7.05 Å². The lowest BCUT2D eigenvalue weighted by Gasteiger charge is -2.12. The second-order valence-corrected chi connectivity index (χ2v) is 5.45. The zero-order valence-electron chi connectivity index (χ0n) is 13.2. The molecule has 2 rings (SSSR count). The summed E-state index contributed by atoms with van der Waals surface area (Å²) in [6.07, 6.45) is 0.856. The molecule has 0 saturated heterocycles. The first kappa shape index (κ1) is 15.4. The average molecular weight is 288 g/mol. The maximum atomic E-state index is 6.23. The van der Waals surface area contributed by atoms with E-state index in [1.165, 1.54) is 5.56 Å². The second kappa shape index (κ2) is 6.63. The van der Waals surface area contributed by atoms with Gasteiger partial charge in [0.25, 0.3) is 0 Å². The Bertz CT molecular complexity index is 604. The fourth-order valence-corrected chi connectivity index (χ4v) is 2.34. The molecule has 114 valence electrons. The Morgan fingerprint density at radius 3 is 2.67 bits per heavy atom. The summed E-state index contributed by atoms with van der Waals surface area (Å²) in [4.78, 5) is 0. The smallest absolute Gasteiger partial charge is 0.152 e. The number of aryl methyl sites for hydroxylation is 1. The zero-order valence-corrected chi connectivity index (χ0v) is 13.2. The summed E-state index contributed by atoms with van der Waals surface area (Å²) in [6.45, 7) is 4.88. The highest BCUT2D eigenvalue weighted by atomic mass is 16.5. The third-order valence-electron chi connectivity index (χ3n) is 3.51. The Hall–Kier alpha value is -2.01. The molecule has 0 atom stereocenters. The number of ether oxygens (including phenoxy) is 1. The Labute approximate surface area is 126 Å². The summed E-state index contributed by atoms with van der Waals surface area (Å²) in [5, 5.41) is 7.92. The van der Waals surface area contributed by atoms with E-state index in [1.54, 1.807) is 11.8 Å². The normalized spacial score (nSPS) is 11.1. The predicted molar refractivity (Wildman–Crippen MR) is 87.0 cm³/mol. The quantitative estimate of drug-likeness (QED) is 0.857. The first-order chi connectivity index (χ1) is 10.0. The van der Waals surface area contributed by atoms with Gasteiger partial charge in [0.1, 0.15) is 0 Å². The van der Waals surface area contributed by atoms with Crippen molar-refractivity contribution in [1.82, 2.24) is 9.78 Å². The third-order valence-corrected chi connectivity index (χ3v) is 3.51. The van der Waals surface area contributed by atoms with Crippen molar-refractivity contribution in [1.29, 1.82) is 0 Å². The van der Waals surface area contributed by atoms with Crippen LogP contribution >= 0.6 is 0 Å². The molecule has 5 nitrogen and oxygen atoms in total. The molecule has 0 radical (unpaired) electrons. The standard InChI is InChI=1S/C16H24N4O/c1-11(2)15-14(17)16(20(3)19-15)18-13-8-6-5-7-12(13)9-10-21-4/h5-8,11,18H,9-10,17H2,1-4H3. The highest BCUT2D eigenvalue weighted by Gasteiger charge is 2.16. The van der Waals surface area contributed by atoms with Crippen molar-refractivity contribution in [2.45, 2.75) is 26.2 Å². The number of para-hydroxylation sites is 1. The maximum absolute atomic E-state index is 6.23. The number of benzene rings is 1. The Morgan fingerprint density at radius 2 is 2.05 bits per heavy atom. The van der Waals surface area contributed by atoms with Gasteiger partial charge in [-0.1, -0.05) is 32.0 Å². The monoisotopic (exact) mass is 288 g/mol. The number of nitrogens with two attached hydrogens (primary N) is 1. The minimum absolute atomic E-state index is 0.301. The zero-order chi connectivity index (χ0) is 15.4. The molecular weight excluding hydrogens is 264 g/mol. The Balaban J connectivity index is 2.30. The van der Waals surface area contributed by atoms with Gasteiger partial charge in [0.15, 0.2) is 5.82 Å². The maximum Gasteiger partial charge on any atom is 0.152 e. The van der Waals surface area contributed by atoms with Gasteiger partial charge in [-0.25, -0.2) is 0 Å². The van der Waals surface area contributed by atoms with Crippen molar-refractivity contribution in [3.05, 3.63) is 35.5 Å². The molecule has 0 aliphatic rings. The van der Waals surface area contributed by atoms with Gasteiger partial charge >= 0.3 is 0 Å². The molecule has 0 saturated carbocycles. The molecule has 0 spiro atoms. The number of nitrogen functional groups attached to an aromatic ring is 1. The third kappa shape index (κ3) is 3.36. The second-order valence-electron chi connectivity index (χ2n) is 5.45. The van der Waals surface area contributed by atoms with Crippen molar-refractivity contribution in [3.8, 4) is 0 Å². The van der Waals surface area contributed by atoms with Crippen LogP contribution in [0.1, 0.15) is 31.0 Å². The molecule has 0 fully saturated rings. The van der Waals surface area contributed by atoms with Crippen LogP contribution in [0.3, 0.4) is 0 Å². The van der Waals surface area contributed by atoms with E-state index in [4.69, 9.17) is 10.5 Å². The van der Waals surface area contributed by atoms with E-state index in [1.807, 2.05) is 25.2 Å². The molecule has 0 aliphatic heterocycles. The minimum Gasteiger partial charge on any atom is -0.394 e. The number of aromatic nitrogens is 2. The van der Waals surface area contributed by atoms with Gasteiger partial charge in [0.2, 0.25) is 0 Å². The van der Waals surface area contributed by atoms with Crippen LogP contribution in [-0.4, -0.2) is 23.5 Å². The van der Waals surface area contributed by atoms with Gasteiger partial charge in [0.05, 0.1) is 18.0 Å². The molecule has 0 bridgehead atoms. The summed E-state index contributed by atoms with van der Waals surface area (Å²) < 4.78 is 6.97. The van der Waals surface area contributed by atoms with Crippen LogP contribution in [0.5, 0.6) is 0 Å². The van der Waals surface area contributed by atoms with Crippen LogP contribution in [-0.2, 0) is 18.2 Å². The first-order valence-electron chi connectivity index (χ1n) is 7.20. The number of nitrogens with zero attached hydrogens (tertiary/aromatic N) is 2. The molecular formula is C16H24N4O. The van der Waals surface area contributed by atoms with Crippen LogP contribution < -0.4 is 11.1 Å². The van der Waals surface area contributed by atoms with Gasteiger partial charge in [-0.15, -0.1) is 0 Å². The predicted octanol–water partition coefficient (Wildman–Crippen LogP) is 3.06. The SMILES string of the molecule is COCCc1ccccc1Nc1c(N)c(C(C)C)nn1C. The number of hydrogen-bond acceptors (Lipinski definition) is 4. The van der Waals surface area contributed by atoms with Crippen molar-refractivity contribution < 1.29 is 4.74 Å². The molecule has 1 aromatic carbocycles. The fraction of sp³-hybridized carbons (Fsp3) is 0.438. The summed E-state index contributed by atoms with van der Waals surface area (Å²) >= 11 is 0. The fourth-order valence-electron chi connectivity index (χ4n) is 2.34. The lowest BCUT2D eigenvalue weighted by atomic mass is 10.1. The molecule has 0 amide bonds. The molecule has 1 heterocycles. The Kier molecular flexibility index (Phi) is 4.85. The van der Waals surface area contributed by atoms with E-state index in [-0.39, 0.29) is 0 Å². The highest BCUT2D eigenvalue weighted by molar-refractivity contribution is 5.73. The van der Waals surface area contributed by atoms with Gasteiger partial charge < -0.3 is 15.8 Å². The number of methoxy groups -OCH3 is 1. The van der Waals surface area contributed by atoms with Crippen LogP contribution in [0.25, 0.3) is 0 Å². The average Bonchev–Trinajstić information content (AvgIpc) is 2.74. The van der Waals surface area contributed by atoms with Gasteiger partial charge in [0, 0.05) is 19.8 Å². The van der Waals surface area contributed by atoms with E-state index in [2.05, 4.69) is 30.3 Å². The van der Waals surface area contributed by atoms with Crippen molar-refractivity contribution in [2.75, 3.05) is 24.8 Å². The van der Waals surface area contributed by atoms with Crippen LogP contribution in [0.15, 0.2) is 24.3 Å². The largest absolute Gasteiger partial charge is 0.394 e. The van der Waals surface area contributed by atoms with Crippen molar-refractivity contribution >= 4 is 17.2 Å². The molecule has 1 aromatic heterocycles. The molecule has 5 heteroatoms. The molecule has 0 unspecified atom stereocenters. The van der Waals surface area contributed by atoms with Gasteiger partial charge in [-0.3, -0.25) is 4.68 Å². The summed E-state index contributed by atoms with van der Waals surface area (Å²) in [5.74, 6) is 1.14. The minimum atomic E-state index is 0.301. The first-order valence-corrected chi connectivity index (χ1v) is 7.20. The van der Waals surface area contributed by atoms with Crippen molar-refractivity contribution in [3.63, 3.8) is 0 Å². The van der Waals surface area contributed by atoms with E-state index >= 15 is 0 Å². The Morgan fingerprint density at radius 1 is 1.33 bits per heavy atom. The van der Waals surface area contributed by atoms with Crippen LogP contribution in [0.4, 0.5) is 17.2 Å². The molecule has 2 aromatic rings. The molecule has 21 heavy (non-hydrogen) atoms. The van der Waals surface area contributed by atoms with E-state index in [0.717, 1.165) is 23.6 Å². The van der Waals surface area contributed by atoms with Gasteiger partial charge in [-0.2, -0.15) is 5.10 Å². The van der Waals surface area contributed by atoms with E-state index in [0.29, 0.717) is 18.2 Å². The topological polar surface area (TPSA) is 65.1 Å². The van der Waals surface area contributed by atoms with E-state index in [9.17, 15) is 0 Å². The van der Waals surface area contributed by atoms with Gasteiger partial charge in [-0.05, 0) is 24.0 Å². The number of rotatable bonds is 6. The lowest BCUT2D eigenvalue weighted by molar-refractivity contribution is 0.202. The number of hydrogen-bond donors (Lipinski definition) is 2. The van der Waals surface area contributed by atoms with E-state index < -0.39 is 0 Å². The molecule has 3 N–H and O–H groups in total. The summed E-state index contributed by atoms with van der Waals surface area (Å²) in [5.41, 5.74) is 10.1. The summed E-state index contributed by atoms with van der Waals surface area (Å²) in [6, 6.07) is 8.18. The highest BCUT2D eigenvalue weighted by Crippen LogP contribution is 2.31. The molecule has 0 aliphatic carbocycles. The number of anilines is 3. The lowest BCUT2D eigenvalue weighted by Crippen LogP contribution is -2.05. The van der Waals surface area contributed by atoms with Crippen LogP contribution in [0, 0.1) is 0 Å². The van der Waals surface area contributed by atoms with Crippen LogP contribution in [0.2, 0.25) is 0 Å².